The lowest BCUT2D eigenvalue weighted by molar-refractivity contribution is 0.102. The molecule has 3 N–H and O–H groups in total. The van der Waals surface area contributed by atoms with E-state index in [0.29, 0.717) is 16.9 Å². The van der Waals surface area contributed by atoms with Gasteiger partial charge in [-0.2, -0.15) is 5.10 Å². The number of rotatable bonds is 3. The highest BCUT2D eigenvalue weighted by molar-refractivity contribution is 6.08. The van der Waals surface area contributed by atoms with Gasteiger partial charge in [-0.05, 0) is 32.4 Å². The van der Waals surface area contributed by atoms with Crippen LogP contribution >= 0.6 is 0 Å². The van der Waals surface area contributed by atoms with Crippen LogP contribution in [0.25, 0.3) is 0 Å². The molecule has 19 heavy (non-hydrogen) atoms. The molecule has 100 valence electrons. The molecule has 0 aliphatic heterocycles. The summed E-state index contributed by atoms with van der Waals surface area (Å²) in [6.07, 6.45) is 3.43. The molecule has 2 rings (SSSR count). The first-order valence-corrected chi connectivity index (χ1v) is 6.19. The number of nitrogens with one attached hydrogen (secondary N) is 1. The Morgan fingerprint density at radius 1 is 1.42 bits per heavy atom. The zero-order valence-corrected chi connectivity index (χ0v) is 11.3. The van der Waals surface area contributed by atoms with E-state index in [4.69, 9.17) is 5.73 Å². The molecular weight excluding hydrogens is 240 g/mol. The van der Waals surface area contributed by atoms with Crippen LogP contribution < -0.4 is 11.1 Å². The lowest BCUT2D eigenvalue weighted by Crippen LogP contribution is -2.15. The third-order valence-corrected chi connectivity index (χ3v) is 2.92. The van der Waals surface area contributed by atoms with Crippen molar-refractivity contribution in [3.63, 3.8) is 0 Å². The molecule has 0 saturated carbocycles. The molecule has 1 aromatic carbocycles. The minimum absolute atomic E-state index is 0.209. The second kappa shape index (κ2) is 5.14. The highest BCUT2D eigenvalue weighted by Crippen LogP contribution is 2.18. The fourth-order valence-corrected chi connectivity index (χ4v) is 1.88. The fraction of sp³-hybridized carbons (Fsp3) is 0.286. The second-order valence-corrected chi connectivity index (χ2v) is 4.80. The van der Waals surface area contributed by atoms with Gasteiger partial charge in [0.15, 0.2) is 0 Å². The van der Waals surface area contributed by atoms with Crippen molar-refractivity contribution in [2.24, 2.45) is 0 Å². The molecule has 0 unspecified atom stereocenters. The number of anilines is 2. The van der Waals surface area contributed by atoms with E-state index < -0.39 is 0 Å². The molecule has 0 aliphatic rings. The molecule has 5 heteroatoms. The number of carbonyl (C=O) groups excluding carboxylic acids is 1. The summed E-state index contributed by atoms with van der Waals surface area (Å²) in [6, 6.07) is 5.68. The van der Waals surface area contributed by atoms with E-state index in [2.05, 4.69) is 10.4 Å². The molecule has 0 bridgehead atoms. The number of aryl methyl sites for hydroxylation is 1. The Morgan fingerprint density at radius 2 is 2.16 bits per heavy atom. The number of nitrogens with zero attached hydrogens (tertiary/aromatic N) is 2. The maximum absolute atomic E-state index is 12.2. The molecular formula is C14H18N4O. The van der Waals surface area contributed by atoms with Crippen molar-refractivity contribution < 1.29 is 4.79 Å². The van der Waals surface area contributed by atoms with E-state index in [1.165, 1.54) is 0 Å². The highest BCUT2D eigenvalue weighted by atomic mass is 16.1. The normalized spacial score (nSPS) is 10.7. The van der Waals surface area contributed by atoms with Gasteiger partial charge in [0, 0.05) is 17.9 Å². The van der Waals surface area contributed by atoms with Crippen molar-refractivity contribution >= 4 is 17.3 Å². The lowest BCUT2D eigenvalue weighted by atomic mass is 10.1. The van der Waals surface area contributed by atoms with Gasteiger partial charge in [0.05, 0.1) is 17.4 Å². The summed E-state index contributed by atoms with van der Waals surface area (Å²) < 4.78 is 1.79. The van der Waals surface area contributed by atoms with Gasteiger partial charge in [-0.25, -0.2) is 0 Å². The second-order valence-electron chi connectivity index (χ2n) is 4.80. The van der Waals surface area contributed by atoms with E-state index >= 15 is 0 Å². The van der Waals surface area contributed by atoms with E-state index in [1.807, 2.05) is 32.9 Å². The van der Waals surface area contributed by atoms with E-state index in [-0.39, 0.29) is 11.9 Å². The first kappa shape index (κ1) is 13.1. The van der Waals surface area contributed by atoms with Gasteiger partial charge in [0.1, 0.15) is 0 Å². The number of carbonyl (C=O) groups is 1. The van der Waals surface area contributed by atoms with Gasteiger partial charge in [-0.1, -0.05) is 12.1 Å². The van der Waals surface area contributed by atoms with Gasteiger partial charge in [-0.15, -0.1) is 0 Å². The molecule has 0 atom stereocenters. The van der Waals surface area contributed by atoms with Crippen LogP contribution in [0.15, 0.2) is 30.6 Å². The largest absolute Gasteiger partial charge is 0.398 e. The summed E-state index contributed by atoms with van der Waals surface area (Å²) in [7, 11) is 0. The molecule has 1 amide bonds. The molecule has 0 spiro atoms. The van der Waals surface area contributed by atoms with Crippen molar-refractivity contribution in [2.75, 3.05) is 11.1 Å². The average molecular weight is 258 g/mol. The minimum Gasteiger partial charge on any atom is -0.398 e. The van der Waals surface area contributed by atoms with Crippen LogP contribution in [-0.4, -0.2) is 15.7 Å². The van der Waals surface area contributed by atoms with Crippen LogP contribution in [0.1, 0.15) is 35.8 Å². The number of nitrogens with two attached hydrogens (primary N) is 1. The number of aromatic nitrogens is 2. The maximum atomic E-state index is 12.2. The molecule has 0 saturated heterocycles. The molecule has 2 aromatic rings. The van der Waals surface area contributed by atoms with Crippen LogP contribution in [0, 0.1) is 6.92 Å². The summed E-state index contributed by atoms with van der Waals surface area (Å²) in [5.41, 5.74) is 8.36. The van der Waals surface area contributed by atoms with Crippen LogP contribution in [0.5, 0.6) is 0 Å². The van der Waals surface area contributed by atoms with E-state index in [1.54, 1.807) is 23.1 Å². The number of hydrogen-bond donors (Lipinski definition) is 2. The van der Waals surface area contributed by atoms with Crippen molar-refractivity contribution in [1.82, 2.24) is 9.78 Å². The first-order chi connectivity index (χ1) is 8.99. The van der Waals surface area contributed by atoms with E-state index in [0.717, 1.165) is 5.56 Å². The van der Waals surface area contributed by atoms with Crippen molar-refractivity contribution in [3.05, 3.63) is 41.7 Å². The Labute approximate surface area is 112 Å². The van der Waals surface area contributed by atoms with E-state index in [9.17, 15) is 4.79 Å². The maximum Gasteiger partial charge on any atom is 0.258 e. The topological polar surface area (TPSA) is 72.9 Å². The number of amides is 1. The quantitative estimate of drug-likeness (QED) is 0.831. The van der Waals surface area contributed by atoms with Gasteiger partial charge >= 0.3 is 0 Å². The molecule has 0 fully saturated rings. The molecule has 5 nitrogen and oxygen atoms in total. The molecule has 0 aliphatic carbocycles. The molecule has 1 heterocycles. The first-order valence-electron chi connectivity index (χ1n) is 6.19. The summed E-state index contributed by atoms with van der Waals surface area (Å²) >= 11 is 0. The molecule has 1 aromatic heterocycles. The lowest BCUT2D eigenvalue weighted by Gasteiger charge is -2.08. The predicted molar refractivity (Wildman–Crippen MR) is 76.2 cm³/mol. The highest BCUT2D eigenvalue weighted by Gasteiger charge is 2.13. The number of hydrogen-bond acceptors (Lipinski definition) is 3. The summed E-state index contributed by atoms with van der Waals surface area (Å²) in [6.45, 7) is 5.92. The Bertz CT molecular complexity index is 581. The van der Waals surface area contributed by atoms with Crippen LogP contribution in [0.2, 0.25) is 0 Å². The van der Waals surface area contributed by atoms with Gasteiger partial charge < -0.3 is 11.1 Å². The van der Waals surface area contributed by atoms with Crippen LogP contribution in [0.3, 0.4) is 0 Å². The molecule has 0 radical (unpaired) electrons. The summed E-state index contributed by atoms with van der Waals surface area (Å²) in [5.74, 6) is -0.209. The third kappa shape index (κ3) is 2.76. The van der Waals surface area contributed by atoms with Gasteiger partial charge in [-0.3, -0.25) is 9.48 Å². The Balaban J connectivity index is 2.21. The predicted octanol–water partition coefficient (Wildman–Crippen LogP) is 2.61. The summed E-state index contributed by atoms with van der Waals surface area (Å²) in [5, 5.41) is 6.99. The zero-order chi connectivity index (χ0) is 14.0. The Morgan fingerprint density at radius 3 is 2.74 bits per heavy atom. The Hall–Kier alpha value is -2.30. The SMILES string of the molecule is Cc1cccc(N)c1C(=O)Nc1cnn(C(C)C)c1. The summed E-state index contributed by atoms with van der Waals surface area (Å²) in [4.78, 5) is 12.2. The monoisotopic (exact) mass is 258 g/mol. The third-order valence-electron chi connectivity index (χ3n) is 2.92. The van der Waals surface area contributed by atoms with Gasteiger partial charge in [0.2, 0.25) is 0 Å². The standard InChI is InChI=1S/C14H18N4O/c1-9(2)18-8-11(7-16-18)17-14(19)13-10(3)5-4-6-12(13)15/h4-9H,15H2,1-3H3,(H,17,19). The van der Waals surface area contributed by atoms with Crippen molar-refractivity contribution in [2.45, 2.75) is 26.8 Å². The van der Waals surface area contributed by atoms with Crippen molar-refractivity contribution in [3.8, 4) is 0 Å². The zero-order valence-electron chi connectivity index (χ0n) is 11.3. The fourth-order valence-electron chi connectivity index (χ4n) is 1.88. The number of nitrogen functional groups attached to an aromatic ring is 1. The van der Waals surface area contributed by atoms with Crippen LogP contribution in [0.4, 0.5) is 11.4 Å². The minimum atomic E-state index is -0.209. The van der Waals surface area contributed by atoms with Crippen LogP contribution in [-0.2, 0) is 0 Å². The van der Waals surface area contributed by atoms with Crippen molar-refractivity contribution in [1.29, 1.82) is 0 Å². The van der Waals surface area contributed by atoms with Gasteiger partial charge in [0.25, 0.3) is 5.91 Å². The smallest absolute Gasteiger partial charge is 0.258 e. The Kier molecular flexibility index (Phi) is 3.55. The number of benzene rings is 1. The average Bonchev–Trinajstić information content (AvgIpc) is 2.77.